The average Bonchev–Trinajstić information content (AvgIpc) is 3.40. The van der Waals surface area contributed by atoms with Crippen molar-refractivity contribution < 1.29 is 14.3 Å². The predicted molar refractivity (Wildman–Crippen MR) is 104 cm³/mol. The number of amides is 1. The minimum Gasteiger partial charge on any atom is -0.493 e. The number of nitrogens with zero attached hydrogens (tertiary/aromatic N) is 1. The van der Waals surface area contributed by atoms with Crippen LogP contribution in [0.4, 0.5) is 0 Å². The third-order valence-corrected chi connectivity index (χ3v) is 6.63. The highest BCUT2D eigenvalue weighted by molar-refractivity contribution is 5.82. The fourth-order valence-electron chi connectivity index (χ4n) is 4.79. The van der Waals surface area contributed by atoms with Gasteiger partial charge in [-0.1, -0.05) is 0 Å². The van der Waals surface area contributed by atoms with Crippen LogP contribution in [0.1, 0.15) is 30.4 Å². The third kappa shape index (κ3) is 3.78. The molecule has 2 fully saturated rings. The Balaban J connectivity index is 1.26. The van der Waals surface area contributed by atoms with Crippen LogP contribution in [-0.4, -0.2) is 57.8 Å². The molecular weight excluding hydrogens is 342 g/mol. The standard InChI is InChI=1S/C21H31N3O3/c1-26-18-11-15-3-9-24(14-16(15)12-19(18)27-2)10-8-23-20(25)17-13-21(17)4-6-22-7-5-21/h11-12,17,22H,3-10,13-14H2,1-2H3,(H,23,25). The van der Waals surface area contributed by atoms with Crippen LogP contribution in [0.15, 0.2) is 12.1 Å². The number of hydrogen-bond donors (Lipinski definition) is 2. The van der Waals surface area contributed by atoms with Gasteiger partial charge in [0.2, 0.25) is 5.91 Å². The Hall–Kier alpha value is -1.79. The number of benzene rings is 1. The molecule has 0 aromatic heterocycles. The Bertz CT molecular complexity index is 700. The number of nitrogens with one attached hydrogen (secondary N) is 2. The fraction of sp³-hybridized carbons (Fsp3) is 0.667. The third-order valence-electron chi connectivity index (χ3n) is 6.63. The molecule has 0 bridgehead atoms. The van der Waals surface area contributed by atoms with E-state index in [4.69, 9.17) is 9.47 Å². The lowest BCUT2D eigenvalue weighted by atomic mass is 9.92. The van der Waals surface area contributed by atoms with Crippen LogP contribution in [0.25, 0.3) is 0 Å². The maximum atomic E-state index is 12.5. The summed E-state index contributed by atoms with van der Waals surface area (Å²) in [6.07, 6.45) is 4.39. The zero-order chi connectivity index (χ0) is 18.9. The van der Waals surface area contributed by atoms with Gasteiger partial charge in [0, 0.05) is 32.1 Å². The Morgan fingerprint density at radius 2 is 1.93 bits per heavy atom. The van der Waals surface area contributed by atoms with Crippen LogP contribution in [0.2, 0.25) is 0 Å². The van der Waals surface area contributed by atoms with Crippen LogP contribution in [0.5, 0.6) is 11.5 Å². The second-order valence-corrected chi connectivity index (χ2v) is 8.16. The first kappa shape index (κ1) is 18.6. The predicted octanol–water partition coefficient (Wildman–Crippen LogP) is 1.57. The molecule has 2 aliphatic heterocycles. The Morgan fingerprint density at radius 1 is 1.22 bits per heavy atom. The molecule has 1 spiro atoms. The number of rotatable bonds is 6. The van der Waals surface area contributed by atoms with E-state index in [1.54, 1.807) is 14.2 Å². The van der Waals surface area contributed by atoms with Crippen LogP contribution in [0.3, 0.4) is 0 Å². The number of fused-ring (bicyclic) bond motifs is 1. The molecule has 1 saturated heterocycles. The molecule has 1 aliphatic carbocycles. The largest absolute Gasteiger partial charge is 0.493 e. The molecule has 6 heteroatoms. The number of hydrogen-bond acceptors (Lipinski definition) is 5. The molecule has 2 heterocycles. The molecule has 6 nitrogen and oxygen atoms in total. The second kappa shape index (κ2) is 7.68. The molecule has 4 rings (SSSR count). The molecule has 1 amide bonds. The summed E-state index contributed by atoms with van der Waals surface area (Å²) in [5, 5.41) is 6.58. The Labute approximate surface area is 161 Å². The van der Waals surface area contributed by atoms with E-state index < -0.39 is 0 Å². The zero-order valence-electron chi connectivity index (χ0n) is 16.5. The number of ether oxygens (including phenoxy) is 2. The van der Waals surface area contributed by atoms with Crippen molar-refractivity contribution in [3.63, 3.8) is 0 Å². The molecule has 3 aliphatic rings. The number of methoxy groups -OCH3 is 2. The van der Waals surface area contributed by atoms with Crippen LogP contribution in [0, 0.1) is 11.3 Å². The number of carbonyl (C=O) groups is 1. The van der Waals surface area contributed by atoms with E-state index in [1.165, 1.54) is 11.1 Å². The molecule has 0 radical (unpaired) electrons. The molecule has 1 aromatic carbocycles. The first-order chi connectivity index (χ1) is 13.1. The number of piperidine rings is 1. The normalized spacial score (nSPS) is 23.6. The van der Waals surface area contributed by atoms with E-state index in [2.05, 4.69) is 27.7 Å². The average molecular weight is 373 g/mol. The first-order valence-corrected chi connectivity index (χ1v) is 10.1. The molecule has 148 valence electrons. The van der Waals surface area contributed by atoms with Crippen molar-refractivity contribution >= 4 is 5.91 Å². The Kier molecular flexibility index (Phi) is 5.28. The lowest BCUT2D eigenvalue weighted by Gasteiger charge is -2.29. The van der Waals surface area contributed by atoms with Crippen LogP contribution in [-0.2, 0) is 17.8 Å². The van der Waals surface area contributed by atoms with E-state index in [9.17, 15) is 4.79 Å². The van der Waals surface area contributed by atoms with Gasteiger partial charge in [-0.2, -0.15) is 0 Å². The molecule has 27 heavy (non-hydrogen) atoms. The van der Waals surface area contributed by atoms with Crippen molar-refractivity contribution in [3.8, 4) is 11.5 Å². The lowest BCUT2D eigenvalue weighted by molar-refractivity contribution is -0.123. The fourth-order valence-corrected chi connectivity index (χ4v) is 4.79. The van der Waals surface area contributed by atoms with Crippen molar-refractivity contribution in [2.24, 2.45) is 11.3 Å². The van der Waals surface area contributed by atoms with Gasteiger partial charge in [0.05, 0.1) is 14.2 Å². The smallest absolute Gasteiger partial charge is 0.223 e. The number of carbonyl (C=O) groups excluding carboxylic acids is 1. The van der Waals surface area contributed by atoms with E-state index in [0.717, 1.165) is 76.5 Å². The van der Waals surface area contributed by atoms with Gasteiger partial charge in [0.1, 0.15) is 0 Å². The summed E-state index contributed by atoms with van der Waals surface area (Å²) in [5.74, 6) is 2.10. The minimum absolute atomic E-state index is 0.249. The van der Waals surface area contributed by atoms with Gasteiger partial charge < -0.3 is 20.1 Å². The summed E-state index contributed by atoms with van der Waals surface area (Å²) in [6, 6.07) is 4.18. The summed E-state index contributed by atoms with van der Waals surface area (Å²) < 4.78 is 10.8. The van der Waals surface area contributed by atoms with Gasteiger partial charge in [0.25, 0.3) is 0 Å². The maximum absolute atomic E-state index is 12.5. The van der Waals surface area contributed by atoms with E-state index in [-0.39, 0.29) is 11.8 Å². The summed E-state index contributed by atoms with van der Waals surface area (Å²) in [4.78, 5) is 14.9. The molecule has 1 unspecified atom stereocenters. The monoisotopic (exact) mass is 373 g/mol. The van der Waals surface area contributed by atoms with Crippen LogP contribution < -0.4 is 20.1 Å². The van der Waals surface area contributed by atoms with Gasteiger partial charge >= 0.3 is 0 Å². The molecule has 1 aromatic rings. The highest BCUT2D eigenvalue weighted by Crippen LogP contribution is 2.58. The minimum atomic E-state index is 0.249. The van der Waals surface area contributed by atoms with Crippen molar-refractivity contribution in [2.45, 2.75) is 32.2 Å². The SMILES string of the molecule is COc1cc2c(cc1OC)CN(CCNC(=O)C1CC13CCNCC3)CC2. The van der Waals surface area contributed by atoms with Crippen molar-refractivity contribution in [3.05, 3.63) is 23.3 Å². The van der Waals surface area contributed by atoms with E-state index in [0.29, 0.717) is 5.41 Å². The molecule has 1 saturated carbocycles. The molecular formula is C21H31N3O3. The summed E-state index contributed by atoms with van der Waals surface area (Å²) in [7, 11) is 3.35. The van der Waals surface area contributed by atoms with E-state index in [1.807, 2.05) is 0 Å². The zero-order valence-corrected chi connectivity index (χ0v) is 16.5. The summed E-state index contributed by atoms with van der Waals surface area (Å²) in [6.45, 7) is 5.64. The van der Waals surface area contributed by atoms with Gasteiger partial charge in [0.15, 0.2) is 11.5 Å². The molecule has 2 N–H and O–H groups in total. The molecule has 1 atom stereocenters. The van der Waals surface area contributed by atoms with Gasteiger partial charge in [-0.3, -0.25) is 9.69 Å². The first-order valence-electron chi connectivity index (χ1n) is 10.1. The van der Waals surface area contributed by atoms with Gasteiger partial charge in [-0.15, -0.1) is 0 Å². The van der Waals surface area contributed by atoms with Crippen molar-refractivity contribution in [1.29, 1.82) is 0 Å². The van der Waals surface area contributed by atoms with Crippen LogP contribution >= 0.6 is 0 Å². The maximum Gasteiger partial charge on any atom is 0.223 e. The lowest BCUT2D eigenvalue weighted by Crippen LogP contribution is -2.39. The second-order valence-electron chi connectivity index (χ2n) is 8.16. The van der Waals surface area contributed by atoms with E-state index >= 15 is 0 Å². The van der Waals surface area contributed by atoms with Crippen molar-refractivity contribution in [1.82, 2.24) is 15.5 Å². The highest BCUT2D eigenvalue weighted by Gasteiger charge is 2.57. The van der Waals surface area contributed by atoms with Crippen molar-refractivity contribution in [2.75, 3.05) is 46.9 Å². The topological polar surface area (TPSA) is 62.8 Å². The summed E-state index contributed by atoms with van der Waals surface area (Å²) in [5.41, 5.74) is 2.94. The summed E-state index contributed by atoms with van der Waals surface area (Å²) >= 11 is 0. The van der Waals surface area contributed by atoms with Gasteiger partial charge in [-0.25, -0.2) is 0 Å². The Morgan fingerprint density at radius 3 is 2.63 bits per heavy atom. The van der Waals surface area contributed by atoms with Gasteiger partial charge in [-0.05, 0) is 67.4 Å². The highest BCUT2D eigenvalue weighted by atomic mass is 16.5. The quantitative estimate of drug-likeness (QED) is 0.793.